The van der Waals surface area contributed by atoms with Crippen LogP contribution < -0.4 is 10.1 Å². The third-order valence-electron chi connectivity index (χ3n) is 4.63. The summed E-state index contributed by atoms with van der Waals surface area (Å²) in [5.74, 6) is 0.932. The lowest BCUT2D eigenvalue weighted by Gasteiger charge is -2.25. The normalized spacial score (nSPS) is 21.8. The van der Waals surface area contributed by atoms with E-state index in [1.165, 1.54) is 44.5 Å². The second-order valence-electron chi connectivity index (χ2n) is 5.96. The summed E-state index contributed by atoms with van der Waals surface area (Å²) in [6.07, 6.45) is 4.99. The van der Waals surface area contributed by atoms with E-state index in [1.807, 2.05) is 0 Å². The van der Waals surface area contributed by atoms with Gasteiger partial charge in [-0.1, -0.05) is 26.0 Å². The number of methoxy groups -OCH3 is 1. The van der Waals surface area contributed by atoms with E-state index in [0.717, 1.165) is 12.2 Å². The number of nitrogens with zero attached hydrogens (tertiary/aromatic N) is 1. The van der Waals surface area contributed by atoms with Crippen molar-refractivity contribution in [2.24, 2.45) is 0 Å². The molecule has 2 atom stereocenters. The Morgan fingerprint density at radius 2 is 1.95 bits per heavy atom. The largest absolute Gasteiger partial charge is 0.497 e. The zero-order valence-corrected chi connectivity index (χ0v) is 13.8. The van der Waals surface area contributed by atoms with Crippen molar-refractivity contribution in [2.45, 2.75) is 51.6 Å². The Hall–Kier alpha value is -1.06. The van der Waals surface area contributed by atoms with Crippen molar-refractivity contribution in [1.82, 2.24) is 10.2 Å². The Bertz CT molecular complexity index is 404. The van der Waals surface area contributed by atoms with Gasteiger partial charge < -0.3 is 15.0 Å². The molecule has 21 heavy (non-hydrogen) atoms. The smallest absolute Gasteiger partial charge is 0.118 e. The Kier molecular flexibility index (Phi) is 6.52. The number of rotatable bonds is 6. The van der Waals surface area contributed by atoms with Gasteiger partial charge in [-0.3, -0.25) is 0 Å². The van der Waals surface area contributed by atoms with Gasteiger partial charge in [-0.05, 0) is 63.0 Å². The fourth-order valence-corrected chi connectivity index (χ4v) is 3.21. The highest BCUT2D eigenvalue weighted by Crippen LogP contribution is 2.22. The van der Waals surface area contributed by atoms with E-state index in [0.29, 0.717) is 12.1 Å². The number of nitrogens with one attached hydrogen (secondary N) is 1. The Balaban J connectivity index is 1.94. The zero-order valence-electron chi connectivity index (χ0n) is 13.8. The predicted octanol–water partition coefficient (Wildman–Crippen LogP) is 3.61. The monoisotopic (exact) mass is 290 g/mol. The SMILES string of the molecule is CCC(NC1CCCN(CC)CC1)c1ccc(OC)cc1. The van der Waals surface area contributed by atoms with Gasteiger partial charge in [-0.2, -0.15) is 0 Å². The minimum absolute atomic E-state index is 0.453. The van der Waals surface area contributed by atoms with Crippen LogP contribution >= 0.6 is 0 Å². The molecule has 1 heterocycles. The Labute approximate surface area is 129 Å². The summed E-state index contributed by atoms with van der Waals surface area (Å²) in [4.78, 5) is 2.57. The molecule has 0 aromatic heterocycles. The van der Waals surface area contributed by atoms with Crippen LogP contribution in [0.5, 0.6) is 5.75 Å². The lowest BCUT2D eigenvalue weighted by atomic mass is 10.0. The highest BCUT2D eigenvalue weighted by Gasteiger charge is 2.19. The van der Waals surface area contributed by atoms with Crippen LogP contribution in [0.3, 0.4) is 0 Å². The number of hydrogen-bond acceptors (Lipinski definition) is 3. The van der Waals surface area contributed by atoms with Gasteiger partial charge in [0.1, 0.15) is 5.75 Å². The maximum Gasteiger partial charge on any atom is 0.118 e. The van der Waals surface area contributed by atoms with E-state index >= 15 is 0 Å². The van der Waals surface area contributed by atoms with Gasteiger partial charge in [0.05, 0.1) is 7.11 Å². The quantitative estimate of drug-likeness (QED) is 0.866. The van der Waals surface area contributed by atoms with Crippen LogP contribution in [-0.2, 0) is 0 Å². The molecule has 2 unspecified atom stereocenters. The van der Waals surface area contributed by atoms with E-state index in [1.54, 1.807) is 7.11 Å². The first-order valence-corrected chi connectivity index (χ1v) is 8.39. The molecule has 0 amide bonds. The maximum atomic E-state index is 5.25. The first-order chi connectivity index (χ1) is 10.3. The summed E-state index contributed by atoms with van der Waals surface area (Å²) < 4.78 is 5.25. The number of likely N-dealkylation sites (tertiary alicyclic amines) is 1. The summed E-state index contributed by atoms with van der Waals surface area (Å²) in [7, 11) is 1.72. The van der Waals surface area contributed by atoms with Gasteiger partial charge in [0.15, 0.2) is 0 Å². The maximum absolute atomic E-state index is 5.25. The molecule has 1 aliphatic heterocycles. The third-order valence-corrected chi connectivity index (χ3v) is 4.63. The standard InChI is InChI=1S/C18H30N2O/c1-4-18(15-8-10-17(21-3)11-9-15)19-16-7-6-13-20(5-2)14-12-16/h8-11,16,18-19H,4-7,12-14H2,1-3H3. The minimum atomic E-state index is 0.453. The molecule has 2 rings (SSSR count). The average molecular weight is 290 g/mol. The van der Waals surface area contributed by atoms with Gasteiger partial charge in [-0.25, -0.2) is 0 Å². The molecule has 3 heteroatoms. The van der Waals surface area contributed by atoms with E-state index in [4.69, 9.17) is 4.74 Å². The van der Waals surface area contributed by atoms with Gasteiger partial charge >= 0.3 is 0 Å². The van der Waals surface area contributed by atoms with Crippen LogP contribution in [0.15, 0.2) is 24.3 Å². The highest BCUT2D eigenvalue weighted by atomic mass is 16.5. The molecule has 0 saturated carbocycles. The number of hydrogen-bond donors (Lipinski definition) is 1. The van der Waals surface area contributed by atoms with Crippen LogP contribution in [0, 0.1) is 0 Å². The topological polar surface area (TPSA) is 24.5 Å². The molecule has 1 N–H and O–H groups in total. The molecular weight excluding hydrogens is 260 g/mol. The van der Waals surface area contributed by atoms with Crippen LogP contribution in [0.25, 0.3) is 0 Å². The van der Waals surface area contributed by atoms with Crippen molar-refractivity contribution in [3.05, 3.63) is 29.8 Å². The number of benzene rings is 1. The summed E-state index contributed by atoms with van der Waals surface area (Å²) in [6.45, 7) is 8.19. The van der Waals surface area contributed by atoms with Gasteiger partial charge in [0, 0.05) is 12.1 Å². The third kappa shape index (κ3) is 4.72. The lowest BCUT2D eigenvalue weighted by molar-refractivity contribution is 0.295. The van der Waals surface area contributed by atoms with Crippen LogP contribution in [0.1, 0.15) is 51.1 Å². The lowest BCUT2D eigenvalue weighted by Crippen LogP contribution is -2.33. The van der Waals surface area contributed by atoms with Gasteiger partial charge in [-0.15, -0.1) is 0 Å². The van der Waals surface area contributed by atoms with Crippen molar-refractivity contribution >= 4 is 0 Å². The van der Waals surface area contributed by atoms with Crippen LogP contribution in [0.4, 0.5) is 0 Å². The molecule has 0 aliphatic carbocycles. The molecule has 1 saturated heterocycles. The summed E-state index contributed by atoms with van der Waals surface area (Å²) in [5.41, 5.74) is 1.37. The van der Waals surface area contributed by atoms with Gasteiger partial charge in [0.25, 0.3) is 0 Å². The number of ether oxygens (including phenoxy) is 1. The van der Waals surface area contributed by atoms with Crippen LogP contribution in [-0.4, -0.2) is 37.7 Å². The molecule has 1 fully saturated rings. The fourth-order valence-electron chi connectivity index (χ4n) is 3.21. The van der Waals surface area contributed by atoms with Gasteiger partial charge in [0.2, 0.25) is 0 Å². The molecule has 0 bridgehead atoms. The van der Waals surface area contributed by atoms with E-state index in [9.17, 15) is 0 Å². The molecular formula is C18H30N2O. The summed E-state index contributed by atoms with van der Waals surface area (Å²) >= 11 is 0. The van der Waals surface area contributed by atoms with Crippen molar-refractivity contribution in [2.75, 3.05) is 26.7 Å². The Morgan fingerprint density at radius 1 is 1.19 bits per heavy atom. The molecule has 0 radical (unpaired) electrons. The molecule has 1 aromatic carbocycles. The van der Waals surface area contributed by atoms with Crippen molar-refractivity contribution in [3.63, 3.8) is 0 Å². The zero-order chi connectivity index (χ0) is 15.1. The summed E-state index contributed by atoms with van der Waals surface area (Å²) in [6, 6.07) is 9.60. The minimum Gasteiger partial charge on any atom is -0.497 e. The Morgan fingerprint density at radius 3 is 2.57 bits per heavy atom. The average Bonchev–Trinajstić information content (AvgIpc) is 2.77. The van der Waals surface area contributed by atoms with Crippen molar-refractivity contribution in [1.29, 1.82) is 0 Å². The van der Waals surface area contributed by atoms with Crippen molar-refractivity contribution < 1.29 is 4.74 Å². The summed E-state index contributed by atoms with van der Waals surface area (Å²) in [5, 5.41) is 3.88. The molecule has 1 aromatic rings. The second kappa shape index (κ2) is 8.40. The molecule has 118 valence electrons. The van der Waals surface area contributed by atoms with Crippen LogP contribution in [0.2, 0.25) is 0 Å². The highest BCUT2D eigenvalue weighted by molar-refractivity contribution is 5.29. The first kappa shape index (κ1) is 16.3. The molecule has 1 aliphatic rings. The molecule has 0 spiro atoms. The van der Waals surface area contributed by atoms with E-state index in [-0.39, 0.29) is 0 Å². The van der Waals surface area contributed by atoms with E-state index in [2.05, 4.69) is 48.3 Å². The second-order valence-corrected chi connectivity index (χ2v) is 5.96. The predicted molar refractivity (Wildman–Crippen MR) is 88.9 cm³/mol. The van der Waals surface area contributed by atoms with E-state index < -0.39 is 0 Å². The van der Waals surface area contributed by atoms with Crippen molar-refractivity contribution in [3.8, 4) is 5.75 Å². The molecule has 3 nitrogen and oxygen atoms in total. The fraction of sp³-hybridized carbons (Fsp3) is 0.667. The first-order valence-electron chi connectivity index (χ1n) is 8.39.